The van der Waals surface area contributed by atoms with Crippen molar-refractivity contribution in [3.63, 3.8) is 0 Å². The van der Waals surface area contributed by atoms with Gasteiger partial charge in [-0.3, -0.25) is 33.8 Å². The quantitative estimate of drug-likeness (QED) is 0.0978. The number of furan rings is 2. The molecular weight excluding hydrogens is 876 g/mol. The molecule has 4 aliphatic rings. The van der Waals surface area contributed by atoms with E-state index in [4.69, 9.17) is 61.6 Å². The number of rotatable bonds is 8. The molecule has 11 nitrogen and oxygen atoms in total. The highest BCUT2D eigenvalue weighted by molar-refractivity contribution is 8.26. The average molecular weight is 914 g/mol. The Morgan fingerprint density at radius 3 is 1.69 bits per heavy atom. The molecule has 4 heterocycles. The molecule has 2 aromatic heterocycles. The van der Waals surface area contributed by atoms with Crippen molar-refractivity contribution in [2.24, 2.45) is 11.8 Å². The maximum absolute atomic E-state index is 13.0. The third-order valence-electron chi connectivity index (χ3n) is 10.3. The lowest BCUT2D eigenvalue weighted by atomic mass is 9.85. The Kier molecular flexibility index (Phi) is 15.3. The van der Waals surface area contributed by atoms with Gasteiger partial charge in [0.1, 0.15) is 25.9 Å². The third kappa shape index (κ3) is 10.9. The summed E-state index contributed by atoms with van der Waals surface area (Å²) in [5.41, 5.74) is 1.57. The van der Waals surface area contributed by atoms with Crippen LogP contribution < -0.4 is 0 Å². The van der Waals surface area contributed by atoms with E-state index in [2.05, 4.69) is 0 Å². The molecule has 0 radical (unpaired) electrons. The van der Waals surface area contributed by atoms with E-state index < -0.39 is 17.9 Å². The maximum Gasteiger partial charge on any atom is 0.306 e. The summed E-state index contributed by atoms with van der Waals surface area (Å²) in [6.45, 7) is 0. The topological polar surface area (TPSA) is 159 Å². The van der Waals surface area contributed by atoms with Gasteiger partial charge in [0.05, 0.1) is 32.5 Å². The number of aliphatic carboxylic acids is 2. The summed E-state index contributed by atoms with van der Waals surface area (Å²) in [6.07, 6.45) is 7.96. The number of carboxylic acid groups (broad SMARTS) is 2. The molecule has 0 spiro atoms. The zero-order chi connectivity index (χ0) is 42.2. The molecule has 4 atom stereocenters. The van der Waals surface area contributed by atoms with Crippen molar-refractivity contribution in [3.8, 4) is 22.6 Å². The van der Waals surface area contributed by atoms with Gasteiger partial charge in [-0.15, -0.1) is 0 Å². The van der Waals surface area contributed by atoms with Gasteiger partial charge in [0, 0.05) is 29.3 Å². The van der Waals surface area contributed by atoms with Gasteiger partial charge in [-0.25, -0.2) is 0 Å². The lowest BCUT2D eigenvalue weighted by Crippen LogP contribution is -2.42. The minimum absolute atomic E-state index is 0.00449. The molecule has 4 fully saturated rings. The SMILES string of the molecule is O=C(O)C1CCCC(N2C(=O)C(=Cc3ccc(-c4ccccc4Cl)o3)SC2=S)C1.O=C(O)C1CCCC(N2C(=O)CSC2=S)C1.O=Cc1ccc(-c2ccccc2Cl)o1. The van der Waals surface area contributed by atoms with Crippen LogP contribution in [-0.4, -0.2) is 76.5 Å². The molecule has 2 aliphatic carbocycles. The number of halogens is 2. The van der Waals surface area contributed by atoms with Gasteiger partial charge in [-0.2, -0.15) is 0 Å². The summed E-state index contributed by atoms with van der Waals surface area (Å²) in [5, 5.41) is 19.5. The van der Waals surface area contributed by atoms with Crippen LogP contribution in [0.3, 0.4) is 0 Å². The summed E-state index contributed by atoms with van der Waals surface area (Å²) in [7, 11) is 0. The summed E-state index contributed by atoms with van der Waals surface area (Å²) >= 11 is 25.3. The number of hydrogen-bond acceptors (Lipinski definition) is 11. The molecule has 59 heavy (non-hydrogen) atoms. The van der Waals surface area contributed by atoms with Crippen molar-refractivity contribution in [2.45, 2.75) is 63.5 Å². The van der Waals surface area contributed by atoms with Crippen LogP contribution in [0.1, 0.15) is 67.7 Å². The normalized spacial score (nSPS) is 22.4. The lowest BCUT2D eigenvalue weighted by molar-refractivity contribution is -0.144. The Morgan fingerprint density at radius 1 is 0.712 bits per heavy atom. The smallest absolute Gasteiger partial charge is 0.306 e. The first-order valence-corrected chi connectivity index (χ1v) is 22.1. The van der Waals surface area contributed by atoms with Crippen LogP contribution in [0.25, 0.3) is 28.7 Å². The van der Waals surface area contributed by atoms with Crippen molar-refractivity contribution in [2.75, 3.05) is 5.75 Å². The highest BCUT2D eigenvalue weighted by Crippen LogP contribution is 2.40. The highest BCUT2D eigenvalue weighted by atomic mass is 35.5. The molecule has 4 unspecified atom stereocenters. The maximum atomic E-state index is 13.0. The predicted molar refractivity (Wildman–Crippen MR) is 237 cm³/mol. The second-order valence-electron chi connectivity index (χ2n) is 14.1. The average Bonchev–Trinajstić information content (AvgIpc) is 4.03. The number of thioether (sulfide) groups is 2. The van der Waals surface area contributed by atoms with Crippen LogP contribution in [0.5, 0.6) is 0 Å². The fourth-order valence-corrected chi connectivity index (χ4v) is 10.4. The first kappa shape index (κ1) is 44.3. The molecule has 2 aromatic carbocycles. The van der Waals surface area contributed by atoms with Crippen LogP contribution in [0.4, 0.5) is 0 Å². The van der Waals surface area contributed by atoms with Crippen LogP contribution >= 0.6 is 71.2 Å². The molecule has 2 saturated carbocycles. The van der Waals surface area contributed by atoms with Gasteiger partial charge in [0.25, 0.3) is 5.91 Å². The summed E-state index contributed by atoms with van der Waals surface area (Å²) in [5.74, 6) is 0.0169. The van der Waals surface area contributed by atoms with E-state index in [9.17, 15) is 29.1 Å². The van der Waals surface area contributed by atoms with Crippen LogP contribution in [0.2, 0.25) is 10.0 Å². The molecular formula is C42H38Cl2N2O9S4. The first-order chi connectivity index (χ1) is 28.3. The second-order valence-corrected chi connectivity index (χ2v) is 18.2. The van der Waals surface area contributed by atoms with E-state index in [1.54, 1.807) is 46.2 Å². The Hall–Kier alpha value is -4.25. The van der Waals surface area contributed by atoms with E-state index >= 15 is 0 Å². The van der Waals surface area contributed by atoms with E-state index in [0.717, 1.165) is 36.8 Å². The number of hydrogen-bond donors (Lipinski definition) is 2. The molecule has 308 valence electrons. The van der Waals surface area contributed by atoms with Gasteiger partial charge in [0.15, 0.2) is 12.0 Å². The number of carboxylic acids is 2. The van der Waals surface area contributed by atoms with Crippen LogP contribution in [0.15, 0.2) is 86.5 Å². The molecule has 2 N–H and O–H groups in total. The number of nitrogens with zero attached hydrogens (tertiary/aromatic N) is 2. The highest BCUT2D eigenvalue weighted by Gasteiger charge is 2.41. The van der Waals surface area contributed by atoms with Gasteiger partial charge in [-0.05, 0) is 87.1 Å². The molecule has 8 rings (SSSR count). The monoisotopic (exact) mass is 912 g/mol. The Morgan fingerprint density at radius 2 is 1.22 bits per heavy atom. The third-order valence-corrected chi connectivity index (χ3v) is 13.6. The van der Waals surface area contributed by atoms with Gasteiger partial charge in [0.2, 0.25) is 5.91 Å². The summed E-state index contributed by atoms with van der Waals surface area (Å²) in [4.78, 5) is 61.0. The van der Waals surface area contributed by atoms with E-state index in [-0.39, 0.29) is 29.8 Å². The van der Waals surface area contributed by atoms with Crippen molar-refractivity contribution >= 4 is 116 Å². The van der Waals surface area contributed by atoms with Crippen LogP contribution in [-0.2, 0) is 19.2 Å². The van der Waals surface area contributed by atoms with Gasteiger partial charge in [-0.1, -0.05) is 108 Å². The Labute approximate surface area is 369 Å². The zero-order valence-corrected chi connectivity index (χ0v) is 36.1. The molecule has 2 aliphatic heterocycles. The summed E-state index contributed by atoms with van der Waals surface area (Å²) in [6, 6.07) is 21.5. The number of amides is 2. The number of carbonyl (C=O) groups is 5. The minimum Gasteiger partial charge on any atom is -0.481 e. The van der Waals surface area contributed by atoms with Crippen molar-refractivity contribution in [1.82, 2.24) is 9.80 Å². The van der Waals surface area contributed by atoms with Crippen molar-refractivity contribution in [1.29, 1.82) is 0 Å². The molecule has 2 amide bonds. The standard InChI is InChI=1S/C21H18ClNO4S2.C11H7ClO2.C10H13NO3S2/c22-16-7-2-1-6-15(16)17-9-8-14(27-17)11-18-19(24)23(21(28)29-18)13-5-3-4-12(10-13)20(25)26;12-10-4-2-1-3-9(10)11-6-5-8(7-13)14-11;12-8-5-16-10(15)11(8)7-3-1-2-6(4-7)9(13)14/h1-2,6-9,11-13H,3-5,10H2,(H,25,26);1-7H;6-7H,1-5H2,(H,13,14). The van der Waals surface area contributed by atoms with Crippen LogP contribution in [0, 0.1) is 11.8 Å². The Bertz CT molecular complexity index is 2280. The largest absolute Gasteiger partial charge is 0.481 e. The lowest BCUT2D eigenvalue weighted by Gasteiger charge is -2.33. The second kappa shape index (κ2) is 20.3. The summed E-state index contributed by atoms with van der Waals surface area (Å²) < 4.78 is 12.2. The van der Waals surface area contributed by atoms with E-state index in [1.807, 2.05) is 42.5 Å². The minimum atomic E-state index is -0.807. The molecule has 17 heteroatoms. The number of aldehydes is 1. The molecule has 2 saturated heterocycles. The Balaban J connectivity index is 0.000000164. The fraction of sp³-hybridized carbons (Fsp3) is 0.310. The molecule has 0 bridgehead atoms. The zero-order valence-electron chi connectivity index (χ0n) is 31.3. The van der Waals surface area contributed by atoms with Gasteiger partial charge >= 0.3 is 11.9 Å². The number of thiocarbonyl (C=S) groups is 2. The number of benzene rings is 2. The van der Waals surface area contributed by atoms with Gasteiger partial charge < -0.3 is 19.0 Å². The molecule has 4 aromatic rings. The van der Waals surface area contributed by atoms with E-state index in [1.165, 1.54) is 23.5 Å². The first-order valence-electron chi connectivity index (χ1n) is 18.7. The predicted octanol–water partition coefficient (Wildman–Crippen LogP) is 10.3. The van der Waals surface area contributed by atoms with Crippen molar-refractivity contribution < 1.29 is 43.0 Å². The van der Waals surface area contributed by atoms with Crippen molar-refractivity contribution in [3.05, 3.63) is 99.3 Å². The van der Waals surface area contributed by atoms with E-state index in [0.29, 0.717) is 84.4 Å². The number of carbonyl (C=O) groups excluding carboxylic acids is 3. The fourth-order valence-electron chi connectivity index (χ4n) is 7.34.